The van der Waals surface area contributed by atoms with Crippen LogP contribution >= 0.6 is 0 Å². The van der Waals surface area contributed by atoms with E-state index in [2.05, 4.69) is 19.4 Å². The van der Waals surface area contributed by atoms with E-state index < -0.39 is 20.0 Å². The van der Waals surface area contributed by atoms with Gasteiger partial charge < -0.3 is 18.9 Å². The zero-order valence-electron chi connectivity index (χ0n) is 18.6. The second-order valence-corrected chi connectivity index (χ2v) is 9.87. The summed E-state index contributed by atoms with van der Waals surface area (Å²) in [6, 6.07) is 10.6. The summed E-state index contributed by atoms with van der Waals surface area (Å²) in [5.74, 6) is 0.472. The number of nitrogens with one attached hydrogen (secondary N) is 2. The minimum Gasteiger partial charge on any atom is -0.497 e. The molecule has 2 N–H and O–H groups in total. The quantitative estimate of drug-likeness (QED) is 0.414. The molecule has 0 radical (unpaired) electrons. The Bertz CT molecular complexity index is 1360. The van der Waals surface area contributed by atoms with Crippen LogP contribution in [0.3, 0.4) is 0 Å². The molecular weight excluding hydrogens is 488 g/mol. The van der Waals surface area contributed by atoms with Crippen LogP contribution in [-0.2, 0) is 20.0 Å². The van der Waals surface area contributed by atoms with Gasteiger partial charge in [0.05, 0.1) is 33.3 Å². The number of anilines is 2. The summed E-state index contributed by atoms with van der Waals surface area (Å²) in [6.07, 6.45) is 0. The molecule has 0 aliphatic heterocycles. The van der Waals surface area contributed by atoms with Crippen LogP contribution in [0.2, 0.25) is 0 Å². The number of ether oxygens (including phenoxy) is 4. The molecule has 1 heterocycles. The van der Waals surface area contributed by atoms with Crippen molar-refractivity contribution in [3.8, 4) is 23.4 Å². The number of hydrogen-bond acceptors (Lipinski definition) is 10. The number of benzene rings is 2. The van der Waals surface area contributed by atoms with Gasteiger partial charge >= 0.3 is 6.01 Å². The van der Waals surface area contributed by atoms with Crippen molar-refractivity contribution < 1.29 is 35.8 Å². The topological polar surface area (TPSA) is 155 Å². The monoisotopic (exact) mass is 510 g/mol. The Kier molecular flexibility index (Phi) is 7.32. The molecule has 34 heavy (non-hydrogen) atoms. The highest BCUT2D eigenvalue weighted by molar-refractivity contribution is 7.93. The van der Waals surface area contributed by atoms with Gasteiger partial charge in [0.2, 0.25) is 5.88 Å². The molecule has 182 valence electrons. The van der Waals surface area contributed by atoms with Crippen molar-refractivity contribution in [3.63, 3.8) is 0 Å². The van der Waals surface area contributed by atoms with E-state index in [0.717, 1.165) is 0 Å². The summed E-state index contributed by atoms with van der Waals surface area (Å²) in [6.45, 7) is 0. The van der Waals surface area contributed by atoms with E-state index in [4.69, 9.17) is 18.9 Å². The maximum atomic E-state index is 12.9. The SMILES string of the molecule is COc1ccc(OC)c(S(=O)(=O)Nc2ccc(S(=O)(=O)Nc3cc(OC)nc(OC)n3)cc2)c1. The van der Waals surface area contributed by atoms with Gasteiger partial charge in [-0.25, -0.2) is 16.8 Å². The lowest BCUT2D eigenvalue weighted by molar-refractivity contribution is 0.353. The summed E-state index contributed by atoms with van der Waals surface area (Å²) < 4.78 is 76.1. The molecule has 12 nitrogen and oxygen atoms in total. The second-order valence-electron chi connectivity index (χ2n) is 6.53. The van der Waals surface area contributed by atoms with Crippen LogP contribution in [0.1, 0.15) is 0 Å². The maximum absolute atomic E-state index is 12.9. The maximum Gasteiger partial charge on any atom is 0.321 e. The van der Waals surface area contributed by atoms with Crippen LogP contribution in [0, 0.1) is 0 Å². The molecular formula is C20H22N4O8S2. The van der Waals surface area contributed by atoms with Crippen molar-refractivity contribution in [2.75, 3.05) is 37.9 Å². The van der Waals surface area contributed by atoms with E-state index in [0.29, 0.717) is 5.75 Å². The molecule has 0 fully saturated rings. The van der Waals surface area contributed by atoms with E-state index in [1.54, 1.807) is 6.07 Å². The number of aromatic nitrogens is 2. The van der Waals surface area contributed by atoms with Crippen molar-refractivity contribution in [1.29, 1.82) is 0 Å². The van der Waals surface area contributed by atoms with Crippen LogP contribution < -0.4 is 28.4 Å². The molecule has 0 saturated heterocycles. The summed E-state index contributed by atoms with van der Waals surface area (Å²) in [5, 5.41) is 0. The summed E-state index contributed by atoms with van der Waals surface area (Å²) in [7, 11) is -2.68. The average molecular weight is 511 g/mol. The third-order valence-electron chi connectivity index (χ3n) is 4.39. The van der Waals surface area contributed by atoms with Crippen molar-refractivity contribution in [1.82, 2.24) is 9.97 Å². The van der Waals surface area contributed by atoms with Crippen molar-refractivity contribution >= 4 is 31.6 Å². The first-order valence-corrected chi connectivity index (χ1v) is 12.4. The van der Waals surface area contributed by atoms with Crippen molar-refractivity contribution in [2.24, 2.45) is 0 Å². The molecule has 14 heteroatoms. The predicted molar refractivity (Wildman–Crippen MR) is 123 cm³/mol. The van der Waals surface area contributed by atoms with E-state index in [-0.39, 0.29) is 38.9 Å². The van der Waals surface area contributed by atoms with Gasteiger partial charge in [-0.3, -0.25) is 9.44 Å². The molecule has 0 saturated carbocycles. The molecule has 0 spiro atoms. The highest BCUT2D eigenvalue weighted by Gasteiger charge is 2.22. The lowest BCUT2D eigenvalue weighted by Gasteiger charge is -2.13. The van der Waals surface area contributed by atoms with Gasteiger partial charge in [-0.15, -0.1) is 0 Å². The average Bonchev–Trinajstić information content (AvgIpc) is 2.83. The summed E-state index contributed by atoms with van der Waals surface area (Å²) >= 11 is 0. The van der Waals surface area contributed by atoms with Crippen LogP contribution in [0.4, 0.5) is 11.5 Å². The molecule has 2 aromatic carbocycles. The van der Waals surface area contributed by atoms with Gasteiger partial charge in [-0.1, -0.05) is 0 Å². The number of hydrogen-bond donors (Lipinski definition) is 2. The predicted octanol–water partition coefficient (Wildman–Crippen LogP) is 2.11. The Morgan fingerprint density at radius 1 is 0.706 bits per heavy atom. The van der Waals surface area contributed by atoms with Crippen LogP contribution in [0.5, 0.6) is 23.4 Å². The normalized spacial score (nSPS) is 11.4. The third kappa shape index (κ3) is 5.58. The van der Waals surface area contributed by atoms with Crippen molar-refractivity contribution in [2.45, 2.75) is 9.79 Å². The fourth-order valence-corrected chi connectivity index (χ4v) is 4.99. The first-order chi connectivity index (χ1) is 16.1. The molecule has 0 aliphatic rings. The van der Waals surface area contributed by atoms with E-state index in [9.17, 15) is 16.8 Å². The van der Waals surface area contributed by atoms with E-state index in [1.165, 1.54) is 70.9 Å². The standard InChI is InChI=1S/C20H22N4O8S2/c1-29-14-7-10-16(30-2)17(11-14)34(27,28)23-13-5-8-15(9-6-13)33(25,26)24-18-12-19(31-3)22-20(21-18)32-4/h5-12,23H,1-4H3,(H,21,22,24). The fourth-order valence-electron chi connectivity index (χ4n) is 2.75. The van der Waals surface area contributed by atoms with Gasteiger partial charge in [0.25, 0.3) is 20.0 Å². The van der Waals surface area contributed by atoms with Crippen LogP contribution in [0.15, 0.2) is 58.3 Å². The largest absolute Gasteiger partial charge is 0.497 e. The number of nitrogens with zero attached hydrogens (tertiary/aromatic N) is 2. The molecule has 0 aliphatic carbocycles. The van der Waals surface area contributed by atoms with Gasteiger partial charge in [0.15, 0.2) is 5.82 Å². The molecule has 1 aromatic heterocycles. The van der Waals surface area contributed by atoms with Crippen molar-refractivity contribution in [3.05, 3.63) is 48.5 Å². The Labute approximate surface area is 197 Å². The van der Waals surface area contributed by atoms with Gasteiger partial charge in [-0.2, -0.15) is 9.97 Å². The summed E-state index contributed by atoms with van der Waals surface area (Å²) in [5.41, 5.74) is 0.134. The van der Waals surface area contributed by atoms with Gasteiger partial charge in [0.1, 0.15) is 16.4 Å². The molecule has 0 bridgehead atoms. The minimum absolute atomic E-state index is 0.0707. The number of sulfonamides is 2. The Balaban J connectivity index is 1.84. The third-order valence-corrected chi connectivity index (χ3v) is 7.16. The lowest BCUT2D eigenvalue weighted by atomic mass is 10.3. The molecule has 0 amide bonds. The zero-order valence-corrected chi connectivity index (χ0v) is 20.2. The second kappa shape index (κ2) is 10.0. The van der Waals surface area contributed by atoms with E-state index >= 15 is 0 Å². The highest BCUT2D eigenvalue weighted by atomic mass is 32.2. The molecule has 0 atom stereocenters. The first-order valence-electron chi connectivity index (χ1n) is 9.46. The Morgan fingerprint density at radius 2 is 1.41 bits per heavy atom. The Morgan fingerprint density at radius 3 is 2.00 bits per heavy atom. The molecule has 3 rings (SSSR count). The summed E-state index contributed by atoms with van der Waals surface area (Å²) in [4.78, 5) is 7.54. The zero-order chi connectivity index (χ0) is 24.9. The van der Waals surface area contributed by atoms with Crippen LogP contribution in [-0.4, -0.2) is 55.2 Å². The fraction of sp³-hybridized carbons (Fsp3) is 0.200. The van der Waals surface area contributed by atoms with Crippen LogP contribution in [0.25, 0.3) is 0 Å². The van der Waals surface area contributed by atoms with Gasteiger partial charge in [0, 0.05) is 17.8 Å². The first kappa shape index (κ1) is 24.9. The minimum atomic E-state index is -4.07. The molecule has 3 aromatic rings. The Hall–Kier alpha value is -3.78. The number of methoxy groups -OCH3 is 4. The highest BCUT2D eigenvalue weighted by Crippen LogP contribution is 2.30. The number of rotatable bonds is 10. The smallest absolute Gasteiger partial charge is 0.321 e. The van der Waals surface area contributed by atoms with Gasteiger partial charge in [-0.05, 0) is 36.4 Å². The molecule has 0 unspecified atom stereocenters. The lowest BCUT2D eigenvalue weighted by Crippen LogP contribution is -2.16. The van der Waals surface area contributed by atoms with E-state index in [1.807, 2.05) is 0 Å².